The molecule has 0 radical (unpaired) electrons. The van der Waals surface area contributed by atoms with Crippen molar-refractivity contribution >= 4 is 5.78 Å². The second kappa shape index (κ2) is 4.01. The Morgan fingerprint density at radius 1 is 1.14 bits per heavy atom. The molecule has 2 saturated carbocycles. The Morgan fingerprint density at radius 3 is 2.21 bits per heavy atom. The van der Waals surface area contributed by atoms with Crippen LogP contribution in [-0.2, 0) is 4.79 Å². The van der Waals surface area contributed by atoms with E-state index in [4.69, 9.17) is 5.11 Å². The van der Waals surface area contributed by atoms with Crippen LogP contribution in [0.1, 0.15) is 51.4 Å². The van der Waals surface area contributed by atoms with Gasteiger partial charge in [-0.25, -0.2) is 0 Å². The van der Waals surface area contributed by atoms with Crippen molar-refractivity contribution in [1.29, 1.82) is 0 Å². The number of hydrogen-bond acceptors (Lipinski definition) is 2. The van der Waals surface area contributed by atoms with Gasteiger partial charge in [-0.05, 0) is 49.9 Å². The Hall–Kier alpha value is -0.370. The maximum atomic E-state index is 11.2. The molecule has 80 valence electrons. The van der Waals surface area contributed by atoms with Crippen molar-refractivity contribution in [3.05, 3.63) is 0 Å². The van der Waals surface area contributed by atoms with E-state index in [1.54, 1.807) is 0 Å². The third-order valence-electron chi connectivity index (χ3n) is 4.29. The molecule has 0 unspecified atom stereocenters. The van der Waals surface area contributed by atoms with Gasteiger partial charge in [0.25, 0.3) is 0 Å². The largest absolute Gasteiger partial charge is 0.396 e. The van der Waals surface area contributed by atoms with E-state index in [2.05, 4.69) is 0 Å². The standard InChI is InChI=1S/C12H20O2/c13-9-10-1-5-12(6-2-10)7-3-11(14)4-8-12/h10,13H,1-9H2. The van der Waals surface area contributed by atoms with Crippen molar-refractivity contribution in [3.63, 3.8) is 0 Å². The van der Waals surface area contributed by atoms with Crippen molar-refractivity contribution < 1.29 is 9.90 Å². The molecule has 2 aliphatic carbocycles. The molecule has 0 saturated heterocycles. The molecule has 0 aromatic rings. The zero-order chi connectivity index (χ0) is 10.0. The van der Waals surface area contributed by atoms with Crippen LogP contribution in [0.5, 0.6) is 0 Å². The summed E-state index contributed by atoms with van der Waals surface area (Å²) in [5.74, 6) is 0.998. The minimum absolute atomic E-state index is 0.356. The number of aliphatic hydroxyl groups is 1. The van der Waals surface area contributed by atoms with Crippen molar-refractivity contribution in [2.24, 2.45) is 11.3 Å². The summed E-state index contributed by atoms with van der Waals surface area (Å²) in [6, 6.07) is 0. The van der Waals surface area contributed by atoms with E-state index in [1.165, 1.54) is 25.7 Å². The first-order valence-electron chi connectivity index (χ1n) is 5.87. The Kier molecular flexibility index (Phi) is 2.91. The van der Waals surface area contributed by atoms with Gasteiger partial charge in [0.1, 0.15) is 5.78 Å². The lowest BCUT2D eigenvalue weighted by atomic mass is 9.63. The monoisotopic (exact) mass is 196 g/mol. The van der Waals surface area contributed by atoms with Gasteiger partial charge in [0, 0.05) is 19.4 Å². The van der Waals surface area contributed by atoms with Gasteiger partial charge < -0.3 is 5.11 Å². The van der Waals surface area contributed by atoms with E-state index in [0.29, 0.717) is 23.7 Å². The van der Waals surface area contributed by atoms with Crippen molar-refractivity contribution in [2.75, 3.05) is 6.61 Å². The van der Waals surface area contributed by atoms with E-state index in [-0.39, 0.29) is 0 Å². The van der Waals surface area contributed by atoms with Gasteiger partial charge >= 0.3 is 0 Å². The molecular weight excluding hydrogens is 176 g/mol. The van der Waals surface area contributed by atoms with Crippen LogP contribution < -0.4 is 0 Å². The molecule has 2 heteroatoms. The smallest absolute Gasteiger partial charge is 0.132 e. The van der Waals surface area contributed by atoms with Crippen LogP contribution in [0.3, 0.4) is 0 Å². The normalized spacial score (nSPS) is 28.2. The van der Waals surface area contributed by atoms with Crippen molar-refractivity contribution in [3.8, 4) is 0 Å². The van der Waals surface area contributed by atoms with Gasteiger partial charge in [-0.3, -0.25) is 4.79 Å². The zero-order valence-corrected chi connectivity index (χ0v) is 8.80. The molecule has 2 nitrogen and oxygen atoms in total. The summed E-state index contributed by atoms with van der Waals surface area (Å²) in [6.07, 6.45) is 8.67. The Balaban J connectivity index is 1.89. The van der Waals surface area contributed by atoms with E-state index in [0.717, 1.165) is 25.7 Å². The lowest BCUT2D eigenvalue weighted by Crippen LogP contribution is -2.32. The third kappa shape index (κ3) is 2.00. The summed E-state index contributed by atoms with van der Waals surface area (Å²) in [4.78, 5) is 11.2. The second-order valence-electron chi connectivity index (χ2n) is 5.16. The second-order valence-corrected chi connectivity index (χ2v) is 5.16. The van der Waals surface area contributed by atoms with Crippen LogP contribution in [0, 0.1) is 11.3 Å². The third-order valence-corrected chi connectivity index (χ3v) is 4.29. The lowest BCUT2D eigenvalue weighted by molar-refractivity contribution is -0.123. The first-order valence-corrected chi connectivity index (χ1v) is 5.87. The molecule has 2 fully saturated rings. The molecular formula is C12H20O2. The van der Waals surface area contributed by atoms with Crippen LogP contribution in [0.4, 0.5) is 0 Å². The van der Waals surface area contributed by atoms with Crippen LogP contribution in [0.2, 0.25) is 0 Å². The van der Waals surface area contributed by atoms with E-state index < -0.39 is 0 Å². The molecule has 0 aromatic carbocycles. The van der Waals surface area contributed by atoms with Gasteiger partial charge in [-0.15, -0.1) is 0 Å². The first-order chi connectivity index (χ1) is 6.74. The van der Waals surface area contributed by atoms with Crippen molar-refractivity contribution in [1.82, 2.24) is 0 Å². The minimum atomic E-state index is 0.356. The van der Waals surface area contributed by atoms with Crippen LogP contribution in [0.25, 0.3) is 0 Å². The highest BCUT2D eigenvalue weighted by molar-refractivity contribution is 5.79. The highest BCUT2D eigenvalue weighted by Gasteiger charge is 2.37. The molecule has 1 spiro atoms. The summed E-state index contributed by atoms with van der Waals surface area (Å²) in [5, 5.41) is 9.07. The number of aliphatic hydroxyl groups excluding tert-OH is 1. The Morgan fingerprint density at radius 2 is 1.71 bits per heavy atom. The topological polar surface area (TPSA) is 37.3 Å². The average molecular weight is 196 g/mol. The molecule has 0 amide bonds. The van der Waals surface area contributed by atoms with Gasteiger partial charge in [0.2, 0.25) is 0 Å². The van der Waals surface area contributed by atoms with E-state index in [9.17, 15) is 4.79 Å². The van der Waals surface area contributed by atoms with Crippen molar-refractivity contribution in [2.45, 2.75) is 51.4 Å². The molecule has 14 heavy (non-hydrogen) atoms. The predicted octanol–water partition coefficient (Wildman–Crippen LogP) is 2.30. The number of rotatable bonds is 1. The number of Topliss-reactive ketones (excluding diaryl/α,β-unsaturated/α-hetero) is 1. The molecule has 2 aliphatic rings. The fraction of sp³-hybridized carbons (Fsp3) is 0.917. The Bertz CT molecular complexity index is 202. The molecule has 0 atom stereocenters. The van der Waals surface area contributed by atoms with E-state index >= 15 is 0 Å². The molecule has 2 rings (SSSR count). The summed E-state index contributed by atoms with van der Waals surface area (Å²) in [7, 11) is 0. The van der Waals surface area contributed by atoms with Crippen LogP contribution in [-0.4, -0.2) is 17.5 Å². The van der Waals surface area contributed by atoms with Gasteiger partial charge in [0.05, 0.1) is 0 Å². The highest BCUT2D eigenvalue weighted by Crippen LogP contribution is 2.47. The number of carbonyl (C=O) groups is 1. The van der Waals surface area contributed by atoms with E-state index in [1.807, 2.05) is 0 Å². The Labute approximate surface area is 85.7 Å². The van der Waals surface area contributed by atoms with Gasteiger partial charge in [-0.2, -0.15) is 0 Å². The molecule has 0 aliphatic heterocycles. The number of carbonyl (C=O) groups excluding carboxylic acids is 1. The first kappa shape index (κ1) is 10.2. The molecule has 0 heterocycles. The summed E-state index contributed by atoms with van der Waals surface area (Å²) in [6.45, 7) is 0.356. The van der Waals surface area contributed by atoms with Gasteiger partial charge in [-0.1, -0.05) is 0 Å². The highest BCUT2D eigenvalue weighted by atomic mass is 16.3. The fourth-order valence-corrected chi connectivity index (χ4v) is 3.03. The fourth-order valence-electron chi connectivity index (χ4n) is 3.03. The minimum Gasteiger partial charge on any atom is -0.396 e. The molecule has 0 bridgehead atoms. The SMILES string of the molecule is O=C1CCC2(CC1)CCC(CO)CC2. The number of ketones is 1. The van der Waals surface area contributed by atoms with Gasteiger partial charge in [0.15, 0.2) is 0 Å². The van der Waals surface area contributed by atoms with Crippen LogP contribution in [0.15, 0.2) is 0 Å². The van der Waals surface area contributed by atoms with Crippen LogP contribution >= 0.6 is 0 Å². The lowest BCUT2D eigenvalue weighted by Gasteiger charge is -2.42. The maximum absolute atomic E-state index is 11.2. The summed E-state index contributed by atoms with van der Waals surface area (Å²) < 4.78 is 0. The zero-order valence-electron chi connectivity index (χ0n) is 8.80. The maximum Gasteiger partial charge on any atom is 0.132 e. The molecule has 0 aromatic heterocycles. The summed E-state index contributed by atoms with van der Waals surface area (Å²) in [5.41, 5.74) is 0.486. The predicted molar refractivity (Wildman–Crippen MR) is 55.0 cm³/mol. The molecule has 1 N–H and O–H groups in total. The average Bonchev–Trinajstić information content (AvgIpc) is 2.24. The quantitative estimate of drug-likeness (QED) is 0.698. The number of hydrogen-bond donors (Lipinski definition) is 1. The summed E-state index contributed by atoms with van der Waals surface area (Å²) >= 11 is 0.